The van der Waals surface area contributed by atoms with Crippen molar-refractivity contribution >= 4 is 29.5 Å². The summed E-state index contributed by atoms with van der Waals surface area (Å²) in [7, 11) is 1.63. The fourth-order valence-corrected chi connectivity index (χ4v) is 3.16. The van der Waals surface area contributed by atoms with E-state index in [1.807, 2.05) is 48.5 Å². The van der Waals surface area contributed by atoms with E-state index in [1.165, 1.54) is 16.7 Å². The first-order valence-electron chi connectivity index (χ1n) is 9.00. The Morgan fingerprint density at radius 1 is 1.04 bits per heavy atom. The van der Waals surface area contributed by atoms with Gasteiger partial charge in [-0.2, -0.15) is 0 Å². The number of rotatable bonds is 5. The number of anilines is 1. The van der Waals surface area contributed by atoms with Crippen molar-refractivity contribution in [1.29, 1.82) is 0 Å². The Hall–Kier alpha value is -3.41. The molecule has 2 aromatic rings. The van der Waals surface area contributed by atoms with Crippen molar-refractivity contribution in [2.45, 2.75) is 19.4 Å². The van der Waals surface area contributed by atoms with Crippen LogP contribution >= 0.6 is 0 Å². The van der Waals surface area contributed by atoms with Crippen LogP contribution in [0.2, 0.25) is 0 Å². The first kappa shape index (κ1) is 19.4. The third-order valence-corrected chi connectivity index (χ3v) is 4.70. The molecule has 0 unspecified atom stereocenters. The molecule has 6 heteroatoms. The molecule has 0 fully saturated rings. The van der Waals surface area contributed by atoms with Crippen molar-refractivity contribution in [3.63, 3.8) is 0 Å². The van der Waals surface area contributed by atoms with Gasteiger partial charge in [-0.1, -0.05) is 42.5 Å². The summed E-state index contributed by atoms with van der Waals surface area (Å²) >= 11 is 0. The molecule has 144 valence electrons. The minimum Gasteiger partial charge on any atom is -0.455 e. The average molecular weight is 378 g/mol. The first-order chi connectivity index (χ1) is 13.5. The van der Waals surface area contributed by atoms with Gasteiger partial charge in [-0.15, -0.1) is 0 Å². The molecule has 0 radical (unpaired) electrons. The van der Waals surface area contributed by atoms with E-state index >= 15 is 0 Å². The van der Waals surface area contributed by atoms with Gasteiger partial charge in [0.2, 0.25) is 5.91 Å². The van der Waals surface area contributed by atoms with E-state index in [-0.39, 0.29) is 24.8 Å². The highest BCUT2D eigenvalue weighted by atomic mass is 16.5. The topological polar surface area (TPSA) is 66.9 Å². The lowest BCUT2D eigenvalue weighted by atomic mass is 9.94. The molecule has 0 aromatic heterocycles. The van der Waals surface area contributed by atoms with E-state index in [9.17, 15) is 14.4 Å². The molecule has 1 heterocycles. The second kappa shape index (κ2) is 8.52. The second-order valence-corrected chi connectivity index (χ2v) is 6.54. The van der Waals surface area contributed by atoms with Crippen LogP contribution in [0, 0.1) is 0 Å². The Morgan fingerprint density at radius 3 is 2.43 bits per heavy atom. The summed E-state index contributed by atoms with van der Waals surface area (Å²) < 4.78 is 5.20. The number of para-hydroxylation sites is 1. The summed E-state index contributed by atoms with van der Waals surface area (Å²) in [5.74, 6) is -1.02. The van der Waals surface area contributed by atoms with E-state index in [0.717, 1.165) is 16.8 Å². The van der Waals surface area contributed by atoms with Gasteiger partial charge in [0.25, 0.3) is 5.91 Å². The third-order valence-electron chi connectivity index (χ3n) is 4.70. The number of carbonyl (C=O) groups excluding carboxylic acids is 3. The number of ether oxygens (including phenoxy) is 1. The van der Waals surface area contributed by atoms with Crippen LogP contribution in [0.25, 0.3) is 6.08 Å². The zero-order valence-corrected chi connectivity index (χ0v) is 15.9. The Labute approximate surface area is 164 Å². The molecule has 6 nitrogen and oxygen atoms in total. The number of nitrogens with zero attached hydrogens (tertiary/aromatic N) is 2. The first-order valence-corrected chi connectivity index (χ1v) is 9.00. The molecule has 0 aliphatic carbocycles. The monoisotopic (exact) mass is 378 g/mol. The van der Waals surface area contributed by atoms with Gasteiger partial charge in [-0.3, -0.25) is 14.4 Å². The molecule has 0 N–H and O–H groups in total. The fourth-order valence-electron chi connectivity index (χ4n) is 3.16. The van der Waals surface area contributed by atoms with Crippen LogP contribution in [-0.4, -0.2) is 36.3 Å². The SMILES string of the molecule is CC(=O)N1C=Cc2ccccc2[C@H]1CC(=O)OCC(=O)N(C)c1ccccc1. The Morgan fingerprint density at radius 2 is 1.71 bits per heavy atom. The number of esters is 1. The zero-order chi connectivity index (χ0) is 20.1. The Bertz CT molecular complexity index is 908. The minimum atomic E-state index is -0.531. The van der Waals surface area contributed by atoms with E-state index < -0.39 is 12.0 Å². The highest BCUT2D eigenvalue weighted by molar-refractivity contribution is 5.94. The molecule has 0 bridgehead atoms. The van der Waals surface area contributed by atoms with Crippen molar-refractivity contribution in [1.82, 2.24) is 4.90 Å². The third kappa shape index (κ3) is 4.28. The van der Waals surface area contributed by atoms with Gasteiger partial charge in [0.05, 0.1) is 12.5 Å². The summed E-state index contributed by atoms with van der Waals surface area (Å²) in [6, 6.07) is 16.3. The maximum Gasteiger partial charge on any atom is 0.308 e. The predicted molar refractivity (Wildman–Crippen MR) is 106 cm³/mol. The van der Waals surface area contributed by atoms with Crippen molar-refractivity contribution in [2.24, 2.45) is 0 Å². The number of carbonyl (C=O) groups is 3. The van der Waals surface area contributed by atoms with Gasteiger partial charge >= 0.3 is 5.97 Å². The quantitative estimate of drug-likeness (QED) is 0.750. The molecule has 28 heavy (non-hydrogen) atoms. The number of fused-ring (bicyclic) bond motifs is 1. The second-order valence-electron chi connectivity index (χ2n) is 6.54. The molecular formula is C22H22N2O4. The van der Waals surface area contributed by atoms with Crippen LogP contribution in [-0.2, 0) is 19.1 Å². The normalized spacial score (nSPS) is 14.9. The molecule has 3 rings (SSSR count). The van der Waals surface area contributed by atoms with Crippen LogP contribution in [0.3, 0.4) is 0 Å². The maximum atomic E-state index is 12.4. The highest BCUT2D eigenvalue weighted by Gasteiger charge is 2.29. The summed E-state index contributed by atoms with van der Waals surface area (Å²) in [4.78, 5) is 39.6. The largest absolute Gasteiger partial charge is 0.455 e. The lowest BCUT2D eigenvalue weighted by molar-refractivity contribution is -0.149. The van der Waals surface area contributed by atoms with Gasteiger partial charge in [0.15, 0.2) is 6.61 Å². The lowest BCUT2D eigenvalue weighted by Crippen LogP contribution is -2.34. The lowest BCUT2D eigenvalue weighted by Gasteiger charge is -2.32. The smallest absolute Gasteiger partial charge is 0.308 e. The van der Waals surface area contributed by atoms with Crippen molar-refractivity contribution < 1.29 is 19.1 Å². The average Bonchev–Trinajstić information content (AvgIpc) is 2.72. The molecule has 0 spiro atoms. The molecule has 2 amide bonds. The van der Waals surface area contributed by atoms with E-state index in [1.54, 1.807) is 25.4 Å². The van der Waals surface area contributed by atoms with Crippen LogP contribution < -0.4 is 4.90 Å². The van der Waals surface area contributed by atoms with Gasteiger partial charge in [0.1, 0.15) is 0 Å². The number of amides is 2. The highest BCUT2D eigenvalue weighted by Crippen LogP contribution is 2.33. The van der Waals surface area contributed by atoms with Crippen LogP contribution in [0.4, 0.5) is 5.69 Å². The summed E-state index contributed by atoms with van der Waals surface area (Å²) in [6.45, 7) is 1.10. The van der Waals surface area contributed by atoms with Crippen molar-refractivity contribution in [3.05, 3.63) is 71.9 Å². The van der Waals surface area contributed by atoms with Crippen molar-refractivity contribution in [2.75, 3.05) is 18.6 Å². The van der Waals surface area contributed by atoms with Crippen LogP contribution in [0.15, 0.2) is 60.8 Å². The molecule has 0 saturated carbocycles. The number of hydrogen-bond acceptors (Lipinski definition) is 4. The molecule has 1 aliphatic rings. The Balaban J connectivity index is 1.64. The molecule has 2 aromatic carbocycles. The number of benzene rings is 2. The molecule has 1 aliphatic heterocycles. The summed E-state index contributed by atoms with van der Waals surface area (Å²) in [5.41, 5.74) is 2.56. The Kier molecular flexibility index (Phi) is 5.89. The number of hydrogen-bond donors (Lipinski definition) is 0. The van der Waals surface area contributed by atoms with E-state index in [0.29, 0.717) is 0 Å². The van der Waals surface area contributed by atoms with Gasteiger partial charge in [-0.05, 0) is 29.3 Å². The van der Waals surface area contributed by atoms with Gasteiger partial charge in [-0.25, -0.2) is 0 Å². The van der Waals surface area contributed by atoms with Crippen LogP contribution in [0.1, 0.15) is 30.5 Å². The zero-order valence-electron chi connectivity index (χ0n) is 15.9. The standard InChI is InChI=1S/C22H22N2O4/c1-16(25)24-13-12-17-8-6-7-11-19(17)20(24)14-22(27)28-15-21(26)23(2)18-9-4-3-5-10-18/h3-13,20H,14-15H2,1-2H3/t20-/m1/s1. The maximum absolute atomic E-state index is 12.4. The molecular weight excluding hydrogens is 356 g/mol. The number of likely N-dealkylation sites (N-methyl/N-ethyl adjacent to an activating group) is 1. The fraction of sp³-hybridized carbons (Fsp3) is 0.227. The van der Waals surface area contributed by atoms with E-state index in [4.69, 9.17) is 4.74 Å². The van der Waals surface area contributed by atoms with Crippen molar-refractivity contribution in [3.8, 4) is 0 Å². The molecule has 1 atom stereocenters. The summed E-state index contributed by atoms with van der Waals surface area (Å²) in [5, 5.41) is 0. The summed E-state index contributed by atoms with van der Waals surface area (Å²) in [6.07, 6.45) is 3.50. The molecule has 0 saturated heterocycles. The van der Waals surface area contributed by atoms with Crippen LogP contribution in [0.5, 0.6) is 0 Å². The minimum absolute atomic E-state index is 0.0245. The van der Waals surface area contributed by atoms with E-state index in [2.05, 4.69) is 0 Å². The van der Waals surface area contributed by atoms with Gasteiger partial charge < -0.3 is 14.5 Å². The van der Waals surface area contributed by atoms with Gasteiger partial charge in [0, 0.05) is 25.9 Å². The predicted octanol–water partition coefficient (Wildman–Crippen LogP) is 3.16.